The van der Waals surface area contributed by atoms with Crippen LogP contribution in [0.1, 0.15) is 46.1 Å². The molecule has 152 valence electrons. The van der Waals surface area contributed by atoms with Crippen LogP contribution in [0.25, 0.3) is 0 Å². The Kier molecular flexibility index (Phi) is 9.29. The minimum atomic E-state index is -0.199. The summed E-state index contributed by atoms with van der Waals surface area (Å²) >= 11 is 0. The molecule has 0 fully saturated rings. The summed E-state index contributed by atoms with van der Waals surface area (Å²) in [6, 6.07) is 5.88. The first-order valence-electron chi connectivity index (χ1n) is 9.64. The molecule has 0 aliphatic rings. The average Bonchev–Trinajstić information content (AvgIpc) is 2.60. The van der Waals surface area contributed by atoms with Crippen molar-refractivity contribution in [2.75, 3.05) is 38.0 Å². The zero-order valence-electron chi connectivity index (χ0n) is 17.8. The number of amides is 2. The van der Waals surface area contributed by atoms with Crippen LogP contribution >= 0.6 is 0 Å². The second kappa shape index (κ2) is 10.9. The second-order valence-corrected chi connectivity index (χ2v) is 7.29. The van der Waals surface area contributed by atoms with Crippen LogP contribution in [0.2, 0.25) is 0 Å². The lowest BCUT2D eigenvalue weighted by Crippen LogP contribution is -2.40. The van der Waals surface area contributed by atoms with Gasteiger partial charge in [-0.3, -0.25) is 9.59 Å². The van der Waals surface area contributed by atoms with Gasteiger partial charge < -0.3 is 19.9 Å². The zero-order chi connectivity index (χ0) is 20.6. The summed E-state index contributed by atoms with van der Waals surface area (Å²) in [5, 5.41) is 2.84. The van der Waals surface area contributed by atoms with Crippen molar-refractivity contribution in [3.05, 3.63) is 23.8 Å². The molecule has 0 saturated carbocycles. The molecule has 6 heteroatoms. The smallest absolute Gasteiger partial charge is 0.250 e. The fourth-order valence-corrected chi connectivity index (χ4v) is 3.13. The summed E-state index contributed by atoms with van der Waals surface area (Å²) in [6.07, 6.45) is 1.68. The first-order chi connectivity index (χ1) is 12.7. The molecule has 0 aromatic heterocycles. The second-order valence-electron chi connectivity index (χ2n) is 7.29. The van der Waals surface area contributed by atoms with E-state index in [2.05, 4.69) is 19.2 Å². The van der Waals surface area contributed by atoms with Crippen LogP contribution in [0, 0.1) is 5.92 Å². The van der Waals surface area contributed by atoms with Gasteiger partial charge in [-0.25, -0.2) is 0 Å². The molecular formula is C21H35N3O3. The number of hydrogen-bond acceptors (Lipinski definition) is 4. The zero-order valence-corrected chi connectivity index (χ0v) is 17.8. The average molecular weight is 378 g/mol. The van der Waals surface area contributed by atoms with Gasteiger partial charge in [-0.1, -0.05) is 13.8 Å². The summed E-state index contributed by atoms with van der Waals surface area (Å²) in [4.78, 5) is 28.8. The van der Waals surface area contributed by atoms with E-state index in [1.54, 1.807) is 0 Å². The van der Waals surface area contributed by atoms with Crippen molar-refractivity contribution in [1.82, 2.24) is 4.90 Å². The molecule has 0 heterocycles. The molecule has 2 amide bonds. The molecule has 0 aliphatic heterocycles. The first kappa shape index (κ1) is 23.0. The molecule has 0 aliphatic carbocycles. The van der Waals surface area contributed by atoms with Gasteiger partial charge >= 0.3 is 0 Å². The molecule has 1 aromatic carbocycles. The molecule has 6 nitrogen and oxygen atoms in total. The Morgan fingerprint density at radius 3 is 2.26 bits per heavy atom. The fraction of sp³-hybridized carbons (Fsp3) is 0.619. The van der Waals surface area contributed by atoms with E-state index in [9.17, 15) is 9.59 Å². The van der Waals surface area contributed by atoms with Gasteiger partial charge in [0.05, 0.1) is 0 Å². The minimum absolute atomic E-state index is 0.00997. The fourth-order valence-electron chi connectivity index (χ4n) is 3.13. The number of benzene rings is 1. The highest BCUT2D eigenvalue weighted by Crippen LogP contribution is 2.26. The van der Waals surface area contributed by atoms with Crippen molar-refractivity contribution in [3.8, 4) is 0 Å². The van der Waals surface area contributed by atoms with E-state index >= 15 is 0 Å². The minimum Gasteiger partial charge on any atom is -0.377 e. The lowest BCUT2D eigenvalue weighted by Gasteiger charge is -2.32. The number of nitrogens with one attached hydrogen (secondary N) is 1. The molecule has 0 unspecified atom stereocenters. The maximum absolute atomic E-state index is 13.0. The molecule has 1 N–H and O–H groups in total. The Hall–Kier alpha value is -2.08. The van der Waals surface area contributed by atoms with Crippen LogP contribution in [0.3, 0.4) is 0 Å². The molecule has 0 bridgehead atoms. The van der Waals surface area contributed by atoms with Gasteiger partial charge in [0.15, 0.2) is 0 Å². The van der Waals surface area contributed by atoms with Crippen molar-refractivity contribution in [2.45, 2.75) is 53.1 Å². The van der Waals surface area contributed by atoms with Crippen LogP contribution in [0.5, 0.6) is 0 Å². The lowest BCUT2D eigenvalue weighted by atomic mass is 10.00. The Balaban J connectivity index is 3.18. The van der Waals surface area contributed by atoms with Crippen molar-refractivity contribution < 1.29 is 14.3 Å². The van der Waals surface area contributed by atoms with E-state index in [1.165, 1.54) is 7.11 Å². The molecule has 0 spiro atoms. The van der Waals surface area contributed by atoms with E-state index in [1.807, 2.05) is 55.9 Å². The highest BCUT2D eigenvalue weighted by molar-refractivity contribution is 5.92. The summed E-state index contributed by atoms with van der Waals surface area (Å²) in [5.41, 5.74) is 2.74. The third-order valence-corrected chi connectivity index (χ3v) is 4.70. The molecule has 1 rings (SSSR count). The van der Waals surface area contributed by atoms with E-state index in [4.69, 9.17) is 4.74 Å². The molecular weight excluding hydrogens is 342 g/mol. The maximum Gasteiger partial charge on any atom is 0.250 e. The van der Waals surface area contributed by atoms with Gasteiger partial charge in [-0.2, -0.15) is 0 Å². The molecule has 0 radical (unpaired) electrons. The van der Waals surface area contributed by atoms with E-state index in [0.717, 1.165) is 24.1 Å². The van der Waals surface area contributed by atoms with E-state index in [-0.39, 0.29) is 30.4 Å². The van der Waals surface area contributed by atoms with Crippen LogP contribution in [0.4, 0.5) is 11.4 Å². The number of methoxy groups -OCH3 is 1. The van der Waals surface area contributed by atoms with Gasteiger partial charge in [0, 0.05) is 51.1 Å². The number of hydrogen-bond donors (Lipinski definition) is 1. The van der Waals surface area contributed by atoms with Crippen molar-refractivity contribution in [3.63, 3.8) is 0 Å². The van der Waals surface area contributed by atoms with Gasteiger partial charge in [0.2, 0.25) is 11.8 Å². The van der Waals surface area contributed by atoms with Crippen LogP contribution in [-0.4, -0.2) is 50.6 Å². The summed E-state index contributed by atoms with van der Waals surface area (Å²) in [5.74, 6) is 0.0307. The number of rotatable bonds is 10. The van der Waals surface area contributed by atoms with Crippen molar-refractivity contribution in [1.29, 1.82) is 0 Å². The standard InChI is InChI=1S/C21H35N3O3/c1-8-16(9-2)21(26)24(15(3)4)13-17-12-18(22-20(25)14-27-7)10-11-19(17)23(5)6/h10-12,15-16H,8-9,13-14H2,1-7H3,(H,22,25). The number of carbonyl (C=O) groups is 2. The lowest BCUT2D eigenvalue weighted by molar-refractivity contribution is -0.138. The Morgan fingerprint density at radius 2 is 1.78 bits per heavy atom. The number of nitrogens with zero attached hydrogens (tertiary/aromatic N) is 2. The number of carbonyl (C=O) groups excluding carboxylic acids is 2. The normalized spacial score (nSPS) is 11.0. The maximum atomic E-state index is 13.0. The molecule has 1 aromatic rings. The Labute approximate surface area is 163 Å². The van der Waals surface area contributed by atoms with Gasteiger partial charge in [-0.15, -0.1) is 0 Å². The third kappa shape index (κ3) is 6.54. The number of anilines is 2. The topological polar surface area (TPSA) is 61.9 Å². The molecule has 0 saturated heterocycles. The third-order valence-electron chi connectivity index (χ3n) is 4.70. The van der Waals surface area contributed by atoms with Crippen molar-refractivity contribution >= 4 is 23.2 Å². The predicted octanol–water partition coefficient (Wildman–Crippen LogP) is 3.51. The van der Waals surface area contributed by atoms with Gasteiger partial charge in [0.25, 0.3) is 0 Å². The first-order valence-corrected chi connectivity index (χ1v) is 9.64. The van der Waals surface area contributed by atoms with Crippen LogP contribution in [-0.2, 0) is 20.9 Å². The van der Waals surface area contributed by atoms with Gasteiger partial charge in [0.1, 0.15) is 6.61 Å². The van der Waals surface area contributed by atoms with Crippen LogP contribution < -0.4 is 10.2 Å². The SMILES string of the molecule is CCC(CC)C(=O)N(Cc1cc(NC(=O)COC)ccc1N(C)C)C(C)C. The molecule has 0 atom stereocenters. The van der Waals surface area contributed by atoms with E-state index in [0.29, 0.717) is 12.2 Å². The largest absolute Gasteiger partial charge is 0.377 e. The monoisotopic (exact) mass is 377 g/mol. The Morgan fingerprint density at radius 1 is 1.15 bits per heavy atom. The predicted molar refractivity (Wildman–Crippen MR) is 111 cm³/mol. The summed E-state index contributed by atoms with van der Waals surface area (Å²) < 4.78 is 4.87. The summed E-state index contributed by atoms with van der Waals surface area (Å²) in [6.45, 7) is 8.72. The highest BCUT2D eigenvalue weighted by atomic mass is 16.5. The quantitative estimate of drug-likeness (QED) is 0.678. The number of ether oxygens (including phenoxy) is 1. The highest BCUT2D eigenvalue weighted by Gasteiger charge is 2.25. The van der Waals surface area contributed by atoms with E-state index < -0.39 is 0 Å². The van der Waals surface area contributed by atoms with Gasteiger partial charge in [-0.05, 0) is 50.5 Å². The molecule has 27 heavy (non-hydrogen) atoms. The summed E-state index contributed by atoms with van der Waals surface area (Å²) in [7, 11) is 5.44. The van der Waals surface area contributed by atoms with Crippen LogP contribution in [0.15, 0.2) is 18.2 Å². The Bertz CT molecular complexity index is 625. The van der Waals surface area contributed by atoms with Crippen molar-refractivity contribution in [2.24, 2.45) is 5.92 Å².